The van der Waals surface area contributed by atoms with E-state index in [1.807, 2.05) is 12.1 Å². The number of fused-ring (bicyclic) bond motifs is 1. The second kappa shape index (κ2) is 8.71. The molecule has 1 aliphatic carbocycles. The first-order valence-electron chi connectivity index (χ1n) is 9.48. The van der Waals surface area contributed by atoms with Crippen LogP contribution in [0.25, 0.3) is 10.2 Å². The molecule has 0 atom stereocenters. The van der Waals surface area contributed by atoms with Crippen LogP contribution < -0.4 is 14.8 Å². The largest absolute Gasteiger partial charge is 0.495 e. The molecular formula is C20H28N2O3S. The van der Waals surface area contributed by atoms with Gasteiger partial charge in [0.05, 0.1) is 14.2 Å². The van der Waals surface area contributed by atoms with Gasteiger partial charge in [0.15, 0.2) is 5.13 Å². The summed E-state index contributed by atoms with van der Waals surface area (Å²) in [4.78, 5) is 17.2. The Kier molecular flexibility index (Phi) is 6.35. The van der Waals surface area contributed by atoms with Crippen molar-refractivity contribution >= 4 is 32.6 Å². The number of benzene rings is 1. The van der Waals surface area contributed by atoms with E-state index in [4.69, 9.17) is 9.47 Å². The van der Waals surface area contributed by atoms with Gasteiger partial charge in [0.25, 0.3) is 0 Å². The van der Waals surface area contributed by atoms with Crippen molar-refractivity contribution < 1.29 is 14.3 Å². The number of nitrogens with one attached hydrogen (secondary N) is 1. The first-order valence-corrected chi connectivity index (χ1v) is 10.3. The number of anilines is 1. The van der Waals surface area contributed by atoms with Crippen LogP contribution in [0.2, 0.25) is 0 Å². The van der Waals surface area contributed by atoms with Crippen molar-refractivity contribution in [3.05, 3.63) is 12.1 Å². The summed E-state index contributed by atoms with van der Waals surface area (Å²) in [5, 5.41) is 3.63. The van der Waals surface area contributed by atoms with Crippen LogP contribution in [0.3, 0.4) is 0 Å². The first-order chi connectivity index (χ1) is 12.7. The molecule has 0 radical (unpaired) electrons. The lowest BCUT2D eigenvalue weighted by Gasteiger charge is -2.27. The molecule has 0 saturated heterocycles. The highest BCUT2D eigenvalue weighted by atomic mass is 32.1. The van der Waals surface area contributed by atoms with E-state index in [1.165, 1.54) is 43.4 Å². The quantitative estimate of drug-likeness (QED) is 0.717. The molecule has 2 aromatic rings. The zero-order valence-electron chi connectivity index (χ0n) is 15.8. The fourth-order valence-electron chi connectivity index (χ4n) is 3.75. The molecule has 142 valence electrons. The Hall–Kier alpha value is -1.82. The minimum atomic E-state index is 0.0935. The van der Waals surface area contributed by atoms with Crippen LogP contribution in [-0.4, -0.2) is 25.1 Å². The summed E-state index contributed by atoms with van der Waals surface area (Å²) in [6, 6.07) is 3.70. The Morgan fingerprint density at radius 1 is 1.19 bits per heavy atom. The van der Waals surface area contributed by atoms with Crippen molar-refractivity contribution in [2.75, 3.05) is 19.5 Å². The van der Waals surface area contributed by atoms with Crippen LogP contribution >= 0.6 is 11.3 Å². The predicted octanol–water partition coefficient (Wildman–Crippen LogP) is 5.25. The minimum Gasteiger partial charge on any atom is -0.495 e. The van der Waals surface area contributed by atoms with Gasteiger partial charge in [-0.3, -0.25) is 4.79 Å². The molecule has 1 saturated carbocycles. The highest BCUT2D eigenvalue weighted by molar-refractivity contribution is 7.22. The van der Waals surface area contributed by atoms with Crippen LogP contribution in [-0.2, 0) is 4.79 Å². The number of nitrogens with zero attached hydrogens (tertiary/aromatic N) is 1. The number of methoxy groups -OCH3 is 2. The van der Waals surface area contributed by atoms with Crippen molar-refractivity contribution in [3.63, 3.8) is 0 Å². The number of unbranched alkanes of at least 4 members (excludes halogenated alkanes) is 1. The van der Waals surface area contributed by atoms with Crippen molar-refractivity contribution in [1.29, 1.82) is 0 Å². The lowest BCUT2D eigenvalue weighted by molar-refractivity contribution is -0.121. The summed E-state index contributed by atoms with van der Waals surface area (Å²) < 4.78 is 11.7. The van der Waals surface area contributed by atoms with Gasteiger partial charge in [0, 0.05) is 5.92 Å². The van der Waals surface area contributed by atoms with E-state index in [0.717, 1.165) is 34.7 Å². The Labute approximate surface area is 159 Å². The van der Waals surface area contributed by atoms with E-state index in [2.05, 4.69) is 17.2 Å². The maximum absolute atomic E-state index is 12.7. The SMILES string of the molecule is CCCCC1CCC(C(=O)Nc2nc3c(OC)ccc(OC)c3s2)CC1. The molecular weight excluding hydrogens is 348 g/mol. The number of hydrogen-bond donors (Lipinski definition) is 1. The molecule has 1 aromatic heterocycles. The lowest BCUT2D eigenvalue weighted by atomic mass is 9.79. The highest BCUT2D eigenvalue weighted by Gasteiger charge is 2.27. The topological polar surface area (TPSA) is 60.5 Å². The Balaban J connectivity index is 1.66. The molecule has 1 aromatic carbocycles. The van der Waals surface area contributed by atoms with Gasteiger partial charge < -0.3 is 14.8 Å². The molecule has 5 nitrogen and oxygen atoms in total. The molecule has 0 unspecified atom stereocenters. The van der Waals surface area contributed by atoms with Gasteiger partial charge >= 0.3 is 0 Å². The van der Waals surface area contributed by atoms with Gasteiger partial charge in [-0.15, -0.1) is 0 Å². The third kappa shape index (κ3) is 4.11. The molecule has 1 aliphatic rings. The summed E-state index contributed by atoms with van der Waals surface area (Å²) in [5.74, 6) is 2.43. The summed E-state index contributed by atoms with van der Waals surface area (Å²) >= 11 is 1.43. The van der Waals surface area contributed by atoms with E-state index in [1.54, 1.807) is 14.2 Å². The number of rotatable bonds is 7. The number of aromatic nitrogens is 1. The first kappa shape index (κ1) is 19.0. The molecule has 0 bridgehead atoms. The molecule has 6 heteroatoms. The molecule has 1 N–H and O–H groups in total. The molecule has 1 heterocycles. The molecule has 3 rings (SSSR count). The fraction of sp³-hybridized carbons (Fsp3) is 0.600. The number of thiazole rings is 1. The summed E-state index contributed by atoms with van der Waals surface area (Å²) in [6.07, 6.45) is 8.17. The second-order valence-corrected chi connectivity index (χ2v) is 8.02. The van der Waals surface area contributed by atoms with Crippen LogP contribution in [0.5, 0.6) is 11.5 Å². The van der Waals surface area contributed by atoms with Gasteiger partial charge in [0.2, 0.25) is 5.91 Å². The summed E-state index contributed by atoms with van der Waals surface area (Å²) in [7, 11) is 3.26. The van der Waals surface area contributed by atoms with Gasteiger partial charge in [-0.2, -0.15) is 0 Å². The van der Waals surface area contributed by atoms with Gasteiger partial charge in [-0.05, 0) is 43.7 Å². The van der Waals surface area contributed by atoms with Crippen molar-refractivity contribution in [1.82, 2.24) is 4.98 Å². The minimum absolute atomic E-state index is 0.0935. The average molecular weight is 377 g/mol. The summed E-state index contributed by atoms with van der Waals surface area (Å²) in [6.45, 7) is 2.24. The number of ether oxygens (including phenoxy) is 2. The smallest absolute Gasteiger partial charge is 0.229 e. The average Bonchev–Trinajstić information content (AvgIpc) is 3.09. The van der Waals surface area contributed by atoms with E-state index < -0.39 is 0 Å². The number of carbonyl (C=O) groups is 1. The zero-order chi connectivity index (χ0) is 18.5. The maximum atomic E-state index is 12.7. The van der Waals surface area contributed by atoms with E-state index >= 15 is 0 Å². The lowest BCUT2D eigenvalue weighted by Crippen LogP contribution is -2.27. The van der Waals surface area contributed by atoms with E-state index in [9.17, 15) is 4.79 Å². The third-order valence-corrected chi connectivity index (χ3v) is 6.31. The fourth-order valence-corrected chi connectivity index (χ4v) is 4.73. The van der Waals surface area contributed by atoms with Gasteiger partial charge in [-0.1, -0.05) is 37.5 Å². The third-order valence-electron chi connectivity index (χ3n) is 5.32. The molecule has 0 spiro atoms. The van der Waals surface area contributed by atoms with Crippen molar-refractivity contribution in [2.24, 2.45) is 11.8 Å². The highest BCUT2D eigenvalue weighted by Crippen LogP contribution is 2.39. The molecule has 1 fully saturated rings. The van der Waals surface area contributed by atoms with Crippen LogP contribution in [0.15, 0.2) is 12.1 Å². The van der Waals surface area contributed by atoms with Crippen molar-refractivity contribution in [3.8, 4) is 11.5 Å². The predicted molar refractivity (Wildman–Crippen MR) is 106 cm³/mol. The second-order valence-electron chi connectivity index (χ2n) is 7.02. The number of hydrogen-bond acceptors (Lipinski definition) is 5. The molecule has 1 amide bonds. The van der Waals surface area contributed by atoms with Crippen LogP contribution in [0.1, 0.15) is 51.9 Å². The van der Waals surface area contributed by atoms with Crippen molar-refractivity contribution in [2.45, 2.75) is 51.9 Å². The Morgan fingerprint density at radius 3 is 2.54 bits per heavy atom. The zero-order valence-corrected chi connectivity index (χ0v) is 16.7. The normalized spacial score (nSPS) is 20.1. The van der Waals surface area contributed by atoms with E-state index in [0.29, 0.717) is 10.9 Å². The summed E-state index contributed by atoms with van der Waals surface area (Å²) in [5.41, 5.74) is 0.732. The van der Waals surface area contributed by atoms with Gasteiger partial charge in [-0.25, -0.2) is 4.98 Å². The monoisotopic (exact) mass is 376 g/mol. The standard InChI is InChI=1S/C20H28N2O3S/c1-4-5-6-13-7-9-14(10-8-13)19(23)22-20-21-17-15(24-2)11-12-16(25-3)18(17)26-20/h11-14H,4-10H2,1-3H3,(H,21,22,23). The number of amides is 1. The van der Waals surface area contributed by atoms with E-state index in [-0.39, 0.29) is 11.8 Å². The molecule has 26 heavy (non-hydrogen) atoms. The Bertz CT molecular complexity index is 710. The maximum Gasteiger partial charge on any atom is 0.229 e. The molecule has 0 aliphatic heterocycles. The van der Waals surface area contributed by atoms with Gasteiger partial charge in [0.1, 0.15) is 21.7 Å². The Morgan fingerprint density at radius 2 is 1.88 bits per heavy atom. The number of carbonyl (C=O) groups excluding carboxylic acids is 1. The van der Waals surface area contributed by atoms with Crippen LogP contribution in [0, 0.1) is 11.8 Å². The van der Waals surface area contributed by atoms with Crippen LogP contribution in [0.4, 0.5) is 5.13 Å².